The van der Waals surface area contributed by atoms with E-state index >= 15 is 0 Å². The van der Waals surface area contributed by atoms with Crippen molar-refractivity contribution >= 4 is 16.6 Å². The number of aromatic nitrogens is 2. The topological polar surface area (TPSA) is 67.3 Å². The lowest BCUT2D eigenvalue weighted by Gasteiger charge is -2.41. The van der Waals surface area contributed by atoms with Crippen LogP contribution in [0.5, 0.6) is 5.75 Å². The van der Waals surface area contributed by atoms with E-state index in [-0.39, 0.29) is 6.04 Å². The number of hydrogen-bond donors (Lipinski definition) is 2. The van der Waals surface area contributed by atoms with Crippen LogP contribution in [0, 0.1) is 0 Å². The van der Waals surface area contributed by atoms with Crippen LogP contribution in [0.15, 0.2) is 42.5 Å². The van der Waals surface area contributed by atoms with Crippen LogP contribution >= 0.6 is 0 Å². The fourth-order valence-corrected chi connectivity index (χ4v) is 4.28. The first-order valence-corrected chi connectivity index (χ1v) is 9.97. The van der Waals surface area contributed by atoms with Crippen LogP contribution in [0.25, 0.3) is 22.0 Å². The van der Waals surface area contributed by atoms with Crippen LogP contribution in [0.4, 0.5) is 5.82 Å². The predicted molar refractivity (Wildman–Crippen MR) is 111 cm³/mol. The van der Waals surface area contributed by atoms with Crippen molar-refractivity contribution in [1.82, 2.24) is 10.2 Å². The highest BCUT2D eigenvalue weighted by molar-refractivity contribution is 6.01. The second-order valence-electron chi connectivity index (χ2n) is 8.42. The Kier molecular flexibility index (Phi) is 4.02. The van der Waals surface area contributed by atoms with E-state index in [1.807, 2.05) is 19.1 Å². The van der Waals surface area contributed by atoms with Crippen LogP contribution in [0.3, 0.4) is 0 Å². The van der Waals surface area contributed by atoms with Gasteiger partial charge in [0.15, 0.2) is 5.82 Å². The van der Waals surface area contributed by atoms with Gasteiger partial charge < -0.3 is 15.2 Å². The summed E-state index contributed by atoms with van der Waals surface area (Å²) in [5.74, 6) is 2.30. The number of rotatable bonds is 5. The van der Waals surface area contributed by atoms with Gasteiger partial charge in [0.1, 0.15) is 11.4 Å². The molecule has 5 rings (SSSR count). The van der Waals surface area contributed by atoms with Crippen molar-refractivity contribution in [3.63, 3.8) is 0 Å². The van der Waals surface area contributed by atoms with Gasteiger partial charge in [-0.2, -0.15) is 0 Å². The first kappa shape index (κ1) is 17.4. The number of nitrogens with zero attached hydrogens (tertiary/aromatic N) is 2. The highest BCUT2D eigenvalue weighted by Crippen LogP contribution is 2.44. The number of benzene rings is 2. The molecule has 1 heterocycles. The third-order valence-electron chi connectivity index (χ3n) is 5.93. The molecular weight excluding hydrogens is 350 g/mol. The van der Waals surface area contributed by atoms with E-state index in [2.05, 4.69) is 45.8 Å². The zero-order chi connectivity index (χ0) is 19.3. The smallest absolute Gasteiger partial charge is 0.156 e. The zero-order valence-electron chi connectivity index (χ0n) is 16.3. The number of aliphatic hydroxyl groups is 1. The number of fused-ring (bicyclic) bond motifs is 1. The van der Waals surface area contributed by atoms with Crippen LogP contribution < -0.4 is 10.1 Å². The van der Waals surface area contributed by atoms with Crippen LogP contribution in [0.2, 0.25) is 0 Å². The zero-order valence-corrected chi connectivity index (χ0v) is 16.3. The fraction of sp³-hybridized carbons (Fsp3) is 0.391. The van der Waals surface area contributed by atoms with E-state index in [1.165, 1.54) is 18.4 Å². The molecule has 0 atom stereocenters. The van der Waals surface area contributed by atoms with Gasteiger partial charge in [0.05, 0.1) is 12.7 Å². The van der Waals surface area contributed by atoms with Crippen molar-refractivity contribution in [2.45, 2.75) is 50.2 Å². The van der Waals surface area contributed by atoms with Gasteiger partial charge in [0, 0.05) is 22.4 Å². The maximum absolute atomic E-state index is 10.0. The minimum atomic E-state index is -0.572. The maximum Gasteiger partial charge on any atom is 0.156 e. The third kappa shape index (κ3) is 3.10. The molecule has 28 heavy (non-hydrogen) atoms. The molecule has 0 aliphatic heterocycles. The lowest BCUT2D eigenvalue weighted by molar-refractivity contribution is -0.0235. The molecule has 0 spiro atoms. The van der Waals surface area contributed by atoms with Gasteiger partial charge in [0.2, 0.25) is 0 Å². The van der Waals surface area contributed by atoms with Crippen molar-refractivity contribution < 1.29 is 9.84 Å². The Morgan fingerprint density at radius 3 is 2.50 bits per heavy atom. The van der Waals surface area contributed by atoms with E-state index < -0.39 is 5.60 Å². The molecule has 2 fully saturated rings. The van der Waals surface area contributed by atoms with Crippen LogP contribution in [-0.2, 0) is 0 Å². The van der Waals surface area contributed by atoms with Gasteiger partial charge >= 0.3 is 0 Å². The van der Waals surface area contributed by atoms with Crippen molar-refractivity contribution in [2.75, 3.05) is 12.4 Å². The molecule has 2 N–H and O–H groups in total. The Balaban J connectivity index is 1.55. The van der Waals surface area contributed by atoms with Gasteiger partial charge in [-0.1, -0.05) is 30.3 Å². The van der Waals surface area contributed by atoms with Gasteiger partial charge in [-0.25, -0.2) is 0 Å². The summed E-state index contributed by atoms with van der Waals surface area (Å²) >= 11 is 0. The second kappa shape index (κ2) is 6.45. The molecule has 2 aromatic carbocycles. The summed E-state index contributed by atoms with van der Waals surface area (Å²) in [5, 5.41) is 24.6. The predicted octanol–water partition coefficient (Wildman–Crippen LogP) is 4.51. The van der Waals surface area contributed by atoms with E-state index in [0.29, 0.717) is 5.92 Å². The molecule has 144 valence electrons. The highest BCUT2D eigenvalue weighted by Gasteiger charge is 2.38. The summed E-state index contributed by atoms with van der Waals surface area (Å²) in [7, 11) is 1.71. The molecule has 0 bridgehead atoms. The van der Waals surface area contributed by atoms with Gasteiger partial charge in [-0.3, -0.25) is 0 Å². The second-order valence-corrected chi connectivity index (χ2v) is 8.42. The molecule has 0 saturated heterocycles. The molecule has 1 aromatic heterocycles. The first-order chi connectivity index (χ1) is 13.5. The standard InChI is InChI=1S/C23H25N3O2/c1-23(27)12-16(13-23)24-22-18-6-4-3-5-17(18)21(25-26-22)19-10-9-15(14-7-8-14)11-20(19)28-2/h3-6,9-11,14,16,27H,7-8,12-13H2,1-2H3,(H,24,26). The molecule has 3 aromatic rings. The average Bonchev–Trinajstić information content (AvgIpc) is 3.52. The van der Waals surface area contributed by atoms with Gasteiger partial charge in [-0.15, -0.1) is 10.2 Å². The molecule has 0 amide bonds. The lowest BCUT2D eigenvalue weighted by atomic mass is 9.77. The molecule has 5 heteroatoms. The number of anilines is 1. The Morgan fingerprint density at radius 1 is 1.07 bits per heavy atom. The molecule has 2 saturated carbocycles. The summed E-state index contributed by atoms with van der Waals surface area (Å²) in [6, 6.07) is 14.9. The SMILES string of the molecule is COc1cc(C2CC2)ccc1-c1nnc(NC2CC(C)(O)C2)c2ccccc12. The lowest BCUT2D eigenvalue weighted by Crippen LogP contribution is -2.48. The van der Waals surface area contributed by atoms with Gasteiger partial charge in [-0.05, 0) is 56.2 Å². The molecule has 0 radical (unpaired) electrons. The summed E-state index contributed by atoms with van der Waals surface area (Å²) in [5.41, 5.74) is 2.57. The minimum Gasteiger partial charge on any atom is -0.496 e. The number of ether oxygens (including phenoxy) is 1. The Hall–Kier alpha value is -2.66. The molecular formula is C23H25N3O2. The minimum absolute atomic E-state index is 0.228. The monoisotopic (exact) mass is 375 g/mol. The van der Waals surface area contributed by atoms with Crippen LogP contribution in [0.1, 0.15) is 44.1 Å². The average molecular weight is 375 g/mol. The summed E-state index contributed by atoms with van der Waals surface area (Å²) in [4.78, 5) is 0. The van der Waals surface area contributed by atoms with Crippen molar-refractivity contribution in [1.29, 1.82) is 0 Å². The fourth-order valence-electron chi connectivity index (χ4n) is 4.28. The largest absolute Gasteiger partial charge is 0.496 e. The Bertz CT molecular complexity index is 1040. The molecule has 2 aliphatic carbocycles. The van der Waals surface area contributed by atoms with E-state index in [1.54, 1.807) is 7.11 Å². The van der Waals surface area contributed by atoms with Crippen molar-refractivity contribution in [3.05, 3.63) is 48.0 Å². The Labute approximate surface area is 164 Å². The van der Waals surface area contributed by atoms with Crippen molar-refractivity contribution in [2.24, 2.45) is 0 Å². The number of hydrogen-bond acceptors (Lipinski definition) is 5. The molecule has 5 nitrogen and oxygen atoms in total. The summed E-state index contributed by atoms with van der Waals surface area (Å²) < 4.78 is 5.70. The summed E-state index contributed by atoms with van der Waals surface area (Å²) in [6.07, 6.45) is 3.97. The highest BCUT2D eigenvalue weighted by atomic mass is 16.5. The third-order valence-corrected chi connectivity index (χ3v) is 5.93. The number of methoxy groups -OCH3 is 1. The van der Waals surface area contributed by atoms with Gasteiger partial charge in [0.25, 0.3) is 0 Å². The summed E-state index contributed by atoms with van der Waals surface area (Å²) in [6.45, 7) is 1.87. The number of nitrogens with one attached hydrogen (secondary N) is 1. The van der Waals surface area contributed by atoms with Crippen LogP contribution in [-0.4, -0.2) is 34.1 Å². The quantitative estimate of drug-likeness (QED) is 0.687. The molecule has 0 unspecified atom stereocenters. The molecule has 2 aliphatic rings. The van der Waals surface area contributed by atoms with E-state index in [4.69, 9.17) is 4.74 Å². The first-order valence-electron chi connectivity index (χ1n) is 9.97. The maximum atomic E-state index is 10.0. The van der Waals surface area contributed by atoms with E-state index in [9.17, 15) is 5.11 Å². The normalized spacial score (nSPS) is 24.0. The van der Waals surface area contributed by atoms with Crippen molar-refractivity contribution in [3.8, 4) is 17.0 Å². The van der Waals surface area contributed by atoms with E-state index in [0.717, 1.165) is 46.4 Å². The Morgan fingerprint density at radius 2 is 1.82 bits per heavy atom.